The zero-order chi connectivity index (χ0) is 9.83. The van der Waals surface area contributed by atoms with Crippen LogP contribution >= 0.6 is 27.7 Å². The molecule has 0 spiro atoms. The minimum absolute atomic E-state index is 0.0434. The van der Waals surface area contributed by atoms with Crippen LogP contribution in [0.15, 0.2) is 0 Å². The molecule has 0 nitrogen and oxygen atoms in total. The minimum atomic E-state index is -4.08. The summed E-state index contributed by atoms with van der Waals surface area (Å²) in [6, 6.07) is 0. The lowest BCUT2D eigenvalue weighted by Gasteiger charge is -2.21. The Labute approximate surface area is 83.4 Å². The summed E-state index contributed by atoms with van der Waals surface area (Å²) >= 11 is 3.32. The van der Waals surface area contributed by atoms with E-state index in [1.807, 2.05) is 13.8 Å². The monoisotopic (exact) mass is 264 g/mol. The molecule has 0 unspecified atom stereocenters. The van der Waals surface area contributed by atoms with Gasteiger partial charge in [-0.25, -0.2) is 0 Å². The van der Waals surface area contributed by atoms with Crippen molar-refractivity contribution in [2.45, 2.75) is 25.8 Å². The summed E-state index contributed by atoms with van der Waals surface area (Å²) in [7, 11) is 0. The summed E-state index contributed by atoms with van der Waals surface area (Å²) in [5.41, 5.74) is -4.12. The highest BCUT2D eigenvalue weighted by Crippen LogP contribution is 2.33. The summed E-state index contributed by atoms with van der Waals surface area (Å²) in [4.78, 5) is 0. The van der Waals surface area contributed by atoms with E-state index in [9.17, 15) is 13.2 Å². The molecule has 0 amide bonds. The molecule has 0 atom stereocenters. The highest BCUT2D eigenvalue weighted by molar-refractivity contribution is 9.09. The fourth-order valence-corrected chi connectivity index (χ4v) is 1.68. The number of hydrogen-bond donors (Lipinski definition) is 0. The molecule has 0 aliphatic heterocycles. The maximum atomic E-state index is 11.7. The fraction of sp³-hybridized carbons (Fsp3) is 1.00. The second-order valence-electron chi connectivity index (χ2n) is 3.34. The minimum Gasteiger partial charge on any atom is -0.160 e. The van der Waals surface area contributed by atoms with Gasteiger partial charge in [0.1, 0.15) is 0 Å². The topological polar surface area (TPSA) is 0 Å². The van der Waals surface area contributed by atoms with E-state index in [1.165, 1.54) is 0 Å². The average Bonchev–Trinajstić information content (AvgIpc) is 1.84. The number of rotatable bonds is 4. The number of alkyl halides is 4. The standard InChI is InChI=1S/C7H12BrF3S/c1-6(2,5-8)3-4-12-7(9,10)11/h3-5H2,1-2H3. The van der Waals surface area contributed by atoms with Gasteiger partial charge in [-0.15, -0.1) is 0 Å². The Morgan fingerprint density at radius 1 is 1.25 bits per heavy atom. The third-order valence-electron chi connectivity index (χ3n) is 1.41. The second kappa shape index (κ2) is 4.74. The Hall–Kier alpha value is 0.620. The molecule has 0 heterocycles. The van der Waals surface area contributed by atoms with Crippen LogP contribution in [0.3, 0.4) is 0 Å². The maximum Gasteiger partial charge on any atom is 0.441 e. The number of thioether (sulfide) groups is 1. The molecule has 5 heteroatoms. The molecule has 0 aromatic carbocycles. The van der Waals surface area contributed by atoms with Gasteiger partial charge in [-0.2, -0.15) is 13.2 Å². The first-order valence-corrected chi connectivity index (χ1v) is 5.64. The molecule has 74 valence electrons. The first-order chi connectivity index (χ1) is 5.27. The lowest BCUT2D eigenvalue weighted by atomic mass is 9.93. The van der Waals surface area contributed by atoms with Gasteiger partial charge in [0.15, 0.2) is 0 Å². The van der Waals surface area contributed by atoms with Crippen molar-refractivity contribution in [1.82, 2.24) is 0 Å². The number of hydrogen-bond acceptors (Lipinski definition) is 1. The van der Waals surface area contributed by atoms with Gasteiger partial charge in [0.25, 0.3) is 0 Å². The summed E-state index contributed by atoms with van der Waals surface area (Å²) < 4.78 is 35.1. The van der Waals surface area contributed by atoms with Crippen LogP contribution in [-0.4, -0.2) is 16.6 Å². The summed E-state index contributed by atoms with van der Waals surface area (Å²) in [6.07, 6.45) is 0.572. The van der Waals surface area contributed by atoms with Gasteiger partial charge < -0.3 is 0 Å². The van der Waals surface area contributed by atoms with Crippen LogP contribution in [0.5, 0.6) is 0 Å². The van der Waals surface area contributed by atoms with Crippen LogP contribution < -0.4 is 0 Å². The van der Waals surface area contributed by atoms with E-state index in [1.54, 1.807) is 0 Å². The Morgan fingerprint density at radius 2 is 1.75 bits per heavy atom. The molecule has 0 aromatic heterocycles. The van der Waals surface area contributed by atoms with Crippen molar-refractivity contribution in [2.75, 3.05) is 11.1 Å². The predicted molar refractivity (Wildman–Crippen MR) is 50.7 cm³/mol. The first kappa shape index (κ1) is 12.6. The Balaban J connectivity index is 3.57. The van der Waals surface area contributed by atoms with Crippen LogP contribution in [0.25, 0.3) is 0 Å². The van der Waals surface area contributed by atoms with Crippen molar-refractivity contribution >= 4 is 27.7 Å². The van der Waals surface area contributed by atoms with Crippen molar-refractivity contribution in [1.29, 1.82) is 0 Å². The van der Waals surface area contributed by atoms with E-state index in [0.29, 0.717) is 6.42 Å². The van der Waals surface area contributed by atoms with E-state index < -0.39 is 5.51 Å². The zero-order valence-corrected chi connectivity index (χ0v) is 9.44. The molecule has 0 fully saturated rings. The summed E-state index contributed by atoms with van der Waals surface area (Å²) in [5, 5.41) is 0.735. The van der Waals surface area contributed by atoms with E-state index in [-0.39, 0.29) is 22.9 Å². The predicted octanol–water partition coefficient (Wildman–Crippen LogP) is 4.05. The third kappa shape index (κ3) is 7.28. The molecule has 0 rings (SSSR count). The van der Waals surface area contributed by atoms with Crippen molar-refractivity contribution in [3.05, 3.63) is 0 Å². The highest BCUT2D eigenvalue weighted by Gasteiger charge is 2.29. The maximum absolute atomic E-state index is 11.7. The SMILES string of the molecule is CC(C)(CBr)CCSC(F)(F)F. The van der Waals surface area contributed by atoms with Gasteiger partial charge in [0.05, 0.1) is 0 Å². The van der Waals surface area contributed by atoms with Crippen molar-refractivity contribution in [2.24, 2.45) is 5.41 Å². The number of halogens is 4. The van der Waals surface area contributed by atoms with Gasteiger partial charge in [0, 0.05) is 11.1 Å². The Kier molecular flexibility index (Phi) is 4.99. The molecular weight excluding hydrogens is 253 g/mol. The highest BCUT2D eigenvalue weighted by atomic mass is 79.9. The molecule has 0 aromatic rings. The third-order valence-corrected chi connectivity index (χ3v) is 3.66. The quantitative estimate of drug-likeness (QED) is 0.691. The van der Waals surface area contributed by atoms with E-state index in [0.717, 1.165) is 5.33 Å². The molecule has 12 heavy (non-hydrogen) atoms. The molecule has 0 bridgehead atoms. The van der Waals surface area contributed by atoms with E-state index in [2.05, 4.69) is 15.9 Å². The van der Waals surface area contributed by atoms with Crippen LogP contribution in [-0.2, 0) is 0 Å². The van der Waals surface area contributed by atoms with Crippen molar-refractivity contribution in [3.8, 4) is 0 Å². The van der Waals surface area contributed by atoms with Gasteiger partial charge in [-0.05, 0) is 11.8 Å². The van der Waals surface area contributed by atoms with Crippen LogP contribution in [0.2, 0.25) is 0 Å². The molecule has 0 saturated carbocycles. The fourth-order valence-electron chi connectivity index (χ4n) is 0.510. The molecule has 0 saturated heterocycles. The molecule has 0 N–H and O–H groups in total. The van der Waals surface area contributed by atoms with Gasteiger partial charge >= 0.3 is 5.51 Å². The summed E-state index contributed by atoms with van der Waals surface area (Å²) in [5.74, 6) is 0.141. The molecule has 0 aliphatic rings. The molecule has 0 radical (unpaired) electrons. The van der Waals surface area contributed by atoms with E-state index >= 15 is 0 Å². The lowest BCUT2D eigenvalue weighted by Crippen LogP contribution is -2.15. The van der Waals surface area contributed by atoms with Gasteiger partial charge in [-0.1, -0.05) is 41.5 Å². The second-order valence-corrected chi connectivity index (χ2v) is 5.06. The molecule has 0 aliphatic carbocycles. The Bertz CT molecular complexity index is 133. The molecular formula is C7H12BrF3S. The van der Waals surface area contributed by atoms with Crippen LogP contribution in [0, 0.1) is 5.41 Å². The lowest BCUT2D eigenvalue weighted by molar-refractivity contribution is -0.0328. The van der Waals surface area contributed by atoms with Crippen molar-refractivity contribution in [3.63, 3.8) is 0 Å². The van der Waals surface area contributed by atoms with E-state index in [4.69, 9.17) is 0 Å². The Morgan fingerprint density at radius 3 is 2.08 bits per heavy atom. The summed E-state index contributed by atoms with van der Waals surface area (Å²) in [6.45, 7) is 3.89. The van der Waals surface area contributed by atoms with Crippen molar-refractivity contribution < 1.29 is 13.2 Å². The van der Waals surface area contributed by atoms with Crippen LogP contribution in [0.4, 0.5) is 13.2 Å². The van der Waals surface area contributed by atoms with Gasteiger partial charge in [0.2, 0.25) is 0 Å². The first-order valence-electron chi connectivity index (χ1n) is 3.53. The smallest absolute Gasteiger partial charge is 0.160 e. The van der Waals surface area contributed by atoms with Crippen LogP contribution in [0.1, 0.15) is 20.3 Å². The normalized spacial score (nSPS) is 13.5. The van der Waals surface area contributed by atoms with Gasteiger partial charge in [-0.3, -0.25) is 0 Å². The average molecular weight is 265 g/mol. The zero-order valence-electron chi connectivity index (χ0n) is 7.04. The largest absolute Gasteiger partial charge is 0.441 e.